The number of allylic oxidation sites excluding steroid dienone is 1. The van der Waals surface area contributed by atoms with Gasteiger partial charge in [0.05, 0.1) is 29.7 Å². The fourth-order valence-corrected chi connectivity index (χ4v) is 3.24. The molecule has 0 unspecified atom stereocenters. The maximum Gasteiger partial charge on any atom is 0.259 e. The smallest absolute Gasteiger partial charge is 0.259 e. The summed E-state index contributed by atoms with van der Waals surface area (Å²) in [5.74, 6) is 1.45. The summed E-state index contributed by atoms with van der Waals surface area (Å²) in [5, 5.41) is 10.1. The van der Waals surface area contributed by atoms with E-state index in [1.807, 2.05) is 18.2 Å². The molecule has 134 valence electrons. The topological polar surface area (TPSA) is 88.0 Å². The highest BCUT2D eigenvalue weighted by Crippen LogP contribution is 2.35. The molecule has 0 spiro atoms. The average molecular weight is 424 g/mol. The van der Waals surface area contributed by atoms with Crippen LogP contribution in [0.25, 0.3) is 22.6 Å². The number of ether oxygens (including phenoxy) is 2. The second-order valence-electron chi connectivity index (χ2n) is 5.97. The van der Waals surface area contributed by atoms with Crippen molar-refractivity contribution in [2.75, 3.05) is 13.2 Å². The van der Waals surface area contributed by atoms with Crippen molar-refractivity contribution in [3.63, 3.8) is 0 Å². The summed E-state index contributed by atoms with van der Waals surface area (Å²) >= 11 is 3.34. The Labute approximate surface area is 163 Å². The number of H-pyrrole nitrogens is 1. The third kappa shape index (κ3) is 3.44. The Bertz CT molecular complexity index is 1160. The molecule has 0 saturated carbocycles. The van der Waals surface area contributed by atoms with Crippen molar-refractivity contribution >= 4 is 38.5 Å². The second kappa shape index (κ2) is 7.25. The highest BCUT2D eigenvalue weighted by molar-refractivity contribution is 9.10. The van der Waals surface area contributed by atoms with Crippen molar-refractivity contribution < 1.29 is 9.47 Å². The van der Waals surface area contributed by atoms with E-state index in [0.29, 0.717) is 41.2 Å². The van der Waals surface area contributed by atoms with Gasteiger partial charge in [0.15, 0.2) is 17.3 Å². The minimum atomic E-state index is -0.302. The molecule has 0 saturated heterocycles. The molecule has 0 fully saturated rings. The van der Waals surface area contributed by atoms with Crippen molar-refractivity contribution in [1.29, 1.82) is 5.26 Å². The first-order valence-electron chi connectivity index (χ1n) is 8.36. The molecule has 2 aromatic carbocycles. The maximum atomic E-state index is 12.4. The van der Waals surface area contributed by atoms with Crippen LogP contribution in [0.5, 0.6) is 11.5 Å². The van der Waals surface area contributed by atoms with Crippen LogP contribution in [0.2, 0.25) is 0 Å². The van der Waals surface area contributed by atoms with Crippen LogP contribution in [-0.4, -0.2) is 23.2 Å². The van der Waals surface area contributed by atoms with E-state index in [1.54, 1.807) is 24.3 Å². The van der Waals surface area contributed by atoms with Crippen LogP contribution in [0.3, 0.4) is 0 Å². The predicted molar refractivity (Wildman–Crippen MR) is 106 cm³/mol. The number of hydrogen-bond acceptors (Lipinski definition) is 5. The molecule has 0 radical (unpaired) electrons. The number of halogens is 1. The highest BCUT2D eigenvalue weighted by atomic mass is 79.9. The monoisotopic (exact) mass is 423 g/mol. The van der Waals surface area contributed by atoms with Crippen molar-refractivity contribution in [1.82, 2.24) is 9.97 Å². The van der Waals surface area contributed by atoms with Gasteiger partial charge in [0.1, 0.15) is 6.07 Å². The number of hydrogen-bond donors (Lipinski definition) is 1. The number of benzene rings is 2. The molecule has 0 bridgehead atoms. The standard InChI is InChI=1S/C20H14BrN3O3/c21-14-5-6-16-15(10-14)20(25)24-19(23-16)13(11-22)9-12-3-1-4-17-18(12)27-8-2-7-26-17/h1,3-6,9-10H,2,7-8H2,(H,23,24,25)/b13-9-. The summed E-state index contributed by atoms with van der Waals surface area (Å²) in [6.07, 6.45) is 2.44. The maximum absolute atomic E-state index is 12.4. The lowest BCUT2D eigenvalue weighted by molar-refractivity contribution is 0.296. The lowest BCUT2D eigenvalue weighted by Gasteiger charge is -2.10. The molecule has 0 atom stereocenters. The van der Waals surface area contributed by atoms with Crippen LogP contribution >= 0.6 is 15.9 Å². The van der Waals surface area contributed by atoms with Gasteiger partial charge in [-0.25, -0.2) is 4.98 Å². The SMILES string of the molecule is N#C/C(=C/c1cccc2c1OCCCO2)c1nc2ccc(Br)cc2c(=O)[nH]1. The minimum absolute atomic E-state index is 0.212. The lowest BCUT2D eigenvalue weighted by atomic mass is 10.1. The Morgan fingerprint density at radius 3 is 2.96 bits per heavy atom. The van der Waals surface area contributed by atoms with Gasteiger partial charge in [-0.3, -0.25) is 4.79 Å². The van der Waals surface area contributed by atoms with E-state index in [4.69, 9.17) is 9.47 Å². The lowest BCUT2D eigenvalue weighted by Crippen LogP contribution is -2.11. The van der Waals surface area contributed by atoms with E-state index in [-0.39, 0.29) is 17.0 Å². The van der Waals surface area contributed by atoms with Crippen molar-refractivity contribution in [2.45, 2.75) is 6.42 Å². The van der Waals surface area contributed by atoms with Crippen LogP contribution in [0.4, 0.5) is 0 Å². The average Bonchev–Trinajstić information content (AvgIpc) is 2.92. The fourth-order valence-electron chi connectivity index (χ4n) is 2.88. The number of para-hydroxylation sites is 1. The van der Waals surface area contributed by atoms with Gasteiger partial charge in [0.2, 0.25) is 0 Å². The van der Waals surface area contributed by atoms with Gasteiger partial charge in [-0.15, -0.1) is 0 Å². The largest absolute Gasteiger partial charge is 0.490 e. The molecule has 1 aliphatic heterocycles. The second-order valence-corrected chi connectivity index (χ2v) is 6.89. The number of nitriles is 1. The van der Waals surface area contributed by atoms with Gasteiger partial charge >= 0.3 is 0 Å². The number of rotatable bonds is 2. The van der Waals surface area contributed by atoms with Gasteiger partial charge in [-0.2, -0.15) is 5.26 Å². The Balaban J connectivity index is 1.84. The first-order valence-corrected chi connectivity index (χ1v) is 9.15. The Morgan fingerprint density at radius 1 is 1.26 bits per heavy atom. The highest BCUT2D eigenvalue weighted by Gasteiger charge is 2.15. The molecule has 6 nitrogen and oxygen atoms in total. The third-order valence-electron chi connectivity index (χ3n) is 4.14. The summed E-state index contributed by atoms with van der Waals surface area (Å²) in [6, 6.07) is 12.9. The normalized spacial score (nSPS) is 13.9. The van der Waals surface area contributed by atoms with E-state index >= 15 is 0 Å². The number of nitrogens with one attached hydrogen (secondary N) is 1. The van der Waals surface area contributed by atoms with E-state index in [1.165, 1.54) is 0 Å². The third-order valence-corrected chi connectivity index (χ3v) is 4.64. The molecule has 0 aliphatic carbocycles. The summed E-state index contributed by atoms with van der Waals surface area (Å²) in [6.45, 7) is 1.13. The van der Waals surface area contributed by atoms with Crippen LogP contribution in [0.15, 0.2) is 45.7 Å². The molecule has 7 heteroatoms. The van der Waals surface area contributed by atoms with E-state index in [9.17, 15) is 10.1 Å². The molecule has 27 heavy (non-hydrogen) atoms. The molecule has 4 rings (SSSR count). The van der Waals surface area contributed by atoms with Crippen LogP contribution in [0.1, 0.15) is 17.8 Å². The molecule has 3 aromatic rings. The van der Waals surface area contributed by atoms with E-state index in [0.717, 1.165) is 10.9 Å². The van der Waals surface area contributed by atoms with E-state index in [2.05, 4.69) is 32.0 Å². The molecule has 0 amide bonds. The van der Waals surface area contributed by atoms with Gasteiger partial charge in [0, 0.05) is 16.5 Å². The molecule has 1 aromatic heterocycles. The number of aromatic amines is 1. The summed E-state index contributed by atoms with van der Waals surface area (Å²) < 4.78 is 12.3. The van der Waals surface area contributed by atoms with E-state index < -0.39 is 0 Å². The van der Waals surface area contributed by atoms with Crippen LogP contribution in [0, 0.1) is 11.3 Å². The molecular formula is C20H14BrN3O3. The molecular weight excluding hydrogens is 410 g/mol. The summed E-state index contributed by atoms with van der Waals surface area (Å²) in [7, 11) is 0. The van der Waals surface area contributed by atoms with Crippen molar-refractivity contribution in [2.24, 2.45) is 0 Å². The van der Waals surface area contributed by atoms with Gasteiger partial charge in [-0.05, 0) is 30.3 Å². The zero-order valence-corrected chi connectivity index (χ0v) is 15.7. The minimum Gasteiger partial charge on any atom is -0.490 e. The first-order chi connectivity index (χ1) is 13.2. The molecule has 2 heterocycles. The van der Waals surface area contributed by atoms with Crippen molar-refractivity contribution in [3.8, 4) is 17.6 Å². The Kier molecular flexibility index (Phi) is 4.65. The fraction of sp³-hybridized carbons (Fsp3) is 0.150. The van der Waals surface area contributed by atoms with Crippen LogP contribution < -0.4 is 15.0 Å². The molecule has 1 N–H and O–H groups in total. The Hall–Kier alpha value is -3.11. The summed E-state index contributed by atoms with van der Waals surface area (Å²) in [4.78, 5) is 19.5. The quantitative estimate of drug-likeness (QED) is 0.631. The Morgan fingerprint density at radius 2 is 2.11 bits per heavy atom. The van der Waals surface area contributed by atoms with Crippen molar-refractivity contribution in [3.05, 3.63) is 62.6 Å². The van der Waals surface area contributed by atoms with Gasteiger partial charge in [0.25, 0.3) is 5.56 Å². The van der Waals surface area contributed by atoms with Gasteiger partial charge < -0.3 is 14.5 Å². The predicted octanol–water partition coefficient (Wildman–Crippen LogP) is 3.91. The number of nitrogens with zero attached hydrogens (tertiary/aromatic N) is 2. The number of aromatic nitrogens is 2. The zero-order chi connectivity index (χ0) is 18.8. The summed E-state index contributed by atoms with van der Waals surface area (Å²) in [5.41, 5.74) is 1.15. The zero-order valence-electron chi connectivity index (χ0n) is 14.2. The molecule has 1 aliphatic rings. The van der Waals surface area contributed by atoms with Gasteiger partial charge in [-0.1, -0.05) is 28.1 Å². The van der Waals surface area contributed by atoms with Crippen LogP contribution in [-0.2, 0) is 0 Å². The number of fused-ring (bicyclic) bond motifs is 2. The first kappa shape index (κ1) is 17.3.